The van der Waals surface area contributed by atoms with Crippen LogP contribution in [0.25, 0.3) is 0 Å². The van der Waals surface area contributed by atoms with E-state index in [1.165, 1.54) is 10.6 Å². The molecule has 0 saturated carbocycles. The number of aliphatic imine (C=N–C) groups is 1. The second-order valence-corrected chi connectivity index (χ2v) is 8.37. The van der Waals surface area contributed by atoms with Gasteiger partial charge in [-0.15, -0.1) is 24.0 Å². The molecule has 0 amide bonds. The van der Waals surface area contributed by atoms with Crippen LogP contribution in [0.4, 0.5) is 0 Å². The van der Waals surface area contributed by atoms with Crippen LogP contribution in [0.5, 0.6) is 0 Å². The maximum atomic E-state index is 12.4. The highest BCUT2D eigenvalue weighted by Gasteiger charge is 2.28. The van der Waals surface area contributed by atoms with Crippen LogP contribution in [0.3, 0.4) is 0 Å². The minimum Gasteiger partial charge on any atom is -0.378 e. The van der Waals surface area contributed by atoms with Crippen LogP contribution in [0.2, 0.25) is 0 Å². The second kappa shape index (κ2) is 11.8. The van der Waals surface area contributed by atoms with E-state index in [9.17, 15) is 8.42 Å². The number of rotatable bonds is 8. The van der Waals surface area contributed by atoms with Crippen LogP contribution in [0, 0.1) is 0 Å². The SMILES string of the molecule is CCNC(=NCc1ccon1)N1CCN(S(=O)(=O)CCOC(C)C)CC1.I. The van der Waals surface area contributed by atoms with Crippen LogP contribution in [0.1, 0.15) is 26.5 Å². The van der Waals surface area contributed by atoms with Gasteiger partial charge in [-0.2, -0.15) is 4.31 Å². The third kappa shape index (κ3) is 7.92. The highest BCUT2D eigenvalue weighted by molar-refractivity contribution is 14.0. The molecule has 156 valence electrons. The number of guanidine groups is 1. The molecule has 0 aromatic carbocycles. The molecule has 1 N–H and O–H groups in total. The lowest BCUT2D eigenvalue weighted by molar-refractivity contribution is 0.0904. The summed E-state index contributed by atoms with van der Waals surface area (Å²) in [6.45, 7) is 9.24. The predicted molar refractivity (Wildman–Crippen MR) is 115 cm³/mol. The van der Waals surface area contributed by atoms with E-state index in [0.29, 0.717) is 32.7 Å². The number of piperazine rings is 1. The van der Waals surface area contributed by atoms with Crippen molar-refractivity contribution in [2.24, 2.45) is 4.99 Å². The first-order valence-corrected chi connectivity index (χ1v) is 10.5. The van der Waals surface area contributed by atoms with Crippen LogP contribution in [-0.2, 0) is 21.3 Å². The van der Waals surface area contributed by atoms with Crippen LogP contribution >= 0.6 is 24.0 Å². The molecule has 27 heavy (non-hydrogen) atoms. The summed E-state index contributed by atoms with van der Waals surface area (Å²) in [6, 6.07) is 1.77. The Labute approximate surface area is 178 Å². The van der Waals surface area contributed by atoms with Gasteiger partial charge in [-0.05, 0) is 20.8 Å². The average molecular weight is 515 g/mol. The van der Waals surface area contributed by atoms with E-state index >= 15 is 0 Å². The van der Waals surface area contributed by atoms with Crippen molar-refractivity contribution in [3.8, 4) is 0 Å². The third-order valence-corrected chi connectivity index (χ3v) is 5.78. The molecule has 2 heterocycles. The average Bonchev–Trinajstić information content (AvgIpc) is 3.12. The summed E-state index contributed by atoms with van der Waals surface area (Å²) in [5, 5.41) is 7.10. The molecule has 9 nitrogen and oxygen atoms in total. The van der Waals surface area contributed by atoms with E-state index in [2.05, 4.69) is 20.4 Å². The third-order valence-electron chi connectivity index (χ3n) is 3.94. The summed E-state index contributed by atoms with van der Waals surface area (Å²) < 4.78 is 36.5. The lowest BCUT2D eigenvalue weighted by Gasteiger charge is -2.35. The van der Waals surface area contributed by atoms with Crippen LogP contribution < -0.4 is 5.32 Å². The maximum Gasteiger partial charge on any atom is 0.216 e. The molecule has 0 unspecified atom stereocenters. The fraction of sp³-hybridized carbons (Fsp3) is 0.750. The molecule has 0 spiro atoms. The van der Waals surface area contributed by atoms with Gasteiger partial charge >= 0.3 is 0 Å². The van der Waals surface area contributed by atoms with Gasteiger partial charge in [0.1, 0.15) is 12.0 Å². The normalized spacial score (nSPS) is 16.4. The van der Waals surface area contributed by atoms with Crippen LogP contribution in [0.15, 0.2) is 21.8 Å². The van der Waals surface area contributed by atoms with Gasteiger partial charge in [0.15, 0.2) is 5.96 Å². The molecule has 2 rings (SSSR count). The number of aromatic nitrogens is 1. The molecule has 1 aliphatic rings. The minimum absolute atomic E-state index is 0. The van der Waals surface area contributed by atoms with Gasteiger partial charge in [0.25, 0.3) is 0 Å². The second-order valence-electron chi connectivity index (χ2n) is 6.28. The van der Waals surface area contributed by atoms with Crippen LogP contribution in [-0.4, -0.2) is 79.9 Å². The Balaban J connectivity index is 0.00000364. The monoisotopic (exact) mass is 515 g/mol. The highest BCUT2D eigenvalue weighted by Crippen LogP contribution is 2.09. The molecule has 1 aromatic heterocycles. The highest BCUT2D eigenvalue weighted by atomic mass is 127. The number of nitrogens with one attached hydrogen (secondary N) is 1. The fourth-order valence-electron chi connectivity index (χ4n) is 2.60. The van der Waals surface area contributed by atoms with E-state index < -0.39 is 10.0 Å². The van der Waals surface area contributed by atoms with Crippen molar-refractivity contribution in [3.05, 3.63) is 18.0 Å². The summed E-state index contributed by atoms with van der Waals surface area (Å²) in [7, 11) is -3.29. The van der Waals surface area contributed by atoms with E-state index in [1.54, 1.807) is 6.07 Å². The molecular formula is C16H30IN5O4S. The molecular weight excluding hydrogens is 485 g/mol. The summed E-state index contributed by atoms with van der Waals surface area (Å²) in [6.07, 6.45) is 1.55. The summed E-state index contributed by atoms with van der Waals surface area (Å²) in [5.41, 5.74) is 0.756. The minimum atomic E-state index is -3.29. The van der Waals surface area contributed by atoms with Crippen molar-refractivity contribution in [1.29, 1.82) is 0 Å². The molecule has 0 bridgehead atoms. The fourth-order valence-corrected chi connectivity index (χ4v) is 3.88. The lowest BCUT2D eigenvalue weighted by atomic mass is 10.4. The zero-order valence-electron chi connectivity index (χ0n) is 16.1. The van der Waals surface area contributed by atoms with E-state index in [-0.39, 0.29) is 42.4 Å². The number of nitrogens with zero attached hydrogens (tertiary/aromatic N) is 4. The Bertz CT molecular complexity index is 658. The Kier molecular flexibility index (Phi) is 10.6. The van der Waals surface area contributed by atoms with E-state index in [4.69, 9.17) is 9.26 Å². The van der Waals surface area contributed by atoms with Gasteiger partial charge in [0.2, 0.25) is 10.0 Å². The topological polar surface area (TPSA) is 100 Å². The number of hydrogen-bond acceptors (Lipinski definition) is 6. The molecule has 11 heteroatoms. The van der Waals surface area contributed by atoms with Gasteiger partial charge in [-0.1, -0.05) is 5.16 Å². The smallest absolute Gasteiger partial charge is 0.216 e. The van der Waals surface area contributed by atoms with Gasteiger partial charge in [-0.25, -0.2) is 13.4 Å². The zero-order valence-corrected chi connectivity index (χ0v) is 19.3. The van der Waals surface area contributed by atoms with E-state index in [0.717, 1.165) is 18.2 Å². The Morgan fingerprint density at radius 3 is 2.63 bits per heavy atom. The molecule has 0 atom stereocenters. The molecule has 1 saturated heterocycles. The predicted octanol–water partition coefficient (Wildman–Crippen LogP) is 1.13. The Morgan fingerprint density at radius 2 is 2.07 bits per heavy atom. The zero-order chi connectivity index (χ0) is 19.0. The first-order valence-electron chi connectivity index (χ1n) is 8.94. The van der Waals surface area contributed by atoms with Crippen molar-refractivity contribution < 1.29 is 17.7 Å². The number of sulfonamides is 1. The standard InChI is InChI=1S/C16H29N5O4S.HI/c1-4-17-16(18-13-15-5-10-25-19-15)20-6-8-21(9-7-20)26(22,23)12-11-24-14(2)3;/h5,10,14H,4,6-9,11-13H2,1-3H3,(H,17,18);1H. The van der Waals surface area contributed by atoms with Gasteiger partial charge < -0.3 is 19.5 Å². The largest absolute Gasteiger partial charge is 0.378 e. The summed E-state index contributed by atoms with van der Waals surface area (Å²) in [4.78, 5) is 6.63. The molecule has 0 radical (unpaired) electrons. The molecule has 1 aliphatic heterocycles. The summed E-state index contributed by atoms with van der Waals surface area (Å²) >= 11 is 0. The van der Waals surface area contributed by atoms with Gasteiger partial charge in [-0.3, -0.25) is 0 Å². The maximum absolute atomic E-state index is 12.4. The quantitative estimate of drug-likeness (QED) is 0.315. The number of ether oxygens (including phenoxy) is 1. The first-order chi connectivity index (χ1) is 12.4. The van der Waals surface area contributed by atoms with E-state index in [1.807, 2.05) is 20.8 Å². The van der Waals surface area contributed by atoms with Gasteiger partial charge in [0.05, 0.1) is 25.0 Å². The number of halogens is 1. The molecule has 1 fully saturated rings. The molecule has 1 aromatic rings. The summed E-state index contributed by atoms with van der Waals surface area (Å²) in [5.74, 6) is 0.779. The Hall–Kier alpha value is -0.920. The lowest BCUT2D eigenvalue weighted by Crippen LogP contribution is -2.54. The van der Waals surface area contributed by atoms with Gasteiger partial charge in [0, 0.05) is 38.8 Å². The Morgan fingerprint density at radius 1 is 1.37 bits per heavy atom. The molecule has 0 aliphatic carbocycles. The van der Waals surface area contributed by atoms with Crippen molar-refractivity contribution in [1.82, 2.24) is 19.7 Å². The first kappa shape index (κ1) is 24.1. The van der Waals surface area contributed by atoms with Crippen molar-refractivity contribution >= 4 is 40.0 Å². The number of hydrogen-bond donors (Lipinski definition) is 1. The van der Waals surface area contributed by atoms with Crippen molar-refractivity contribution in [3.63, 3.8) is 0 Å². The van der Waals surface area contributed by atoms with Crippen molar-refractivity contribution in [2.75, 3.05) is 45.1 Å². The van der Waals surface area contributed by atoms with Crippen molar-refractivity contribution in [2.45, 2.75) is 33.4 Å².